The van der Waals surface area contributed by atoms with Crippen molar-refractivity contribution >= 4 is 40.9 Å². The SMILES string of the molecule is CCCCCCNC(N)=NCc1cc2ccccc2o1.I. The topological polar surface area (TPSA) is 63.5 Å². The number of rotatable bonds is 7. The number of benzene rings is 1. The van der Waals surface area contributed by atoms with Gasteiger partial charge in [-0.1, -0.05) is 44.4 Å². The van der Waals surface area contributed by atoms with Gasteiger partial charge in [0.25, 0.3) is 0 Å². The molecule has 0 aliphatic rings. The number of nitrogens with zero attached hydrogens (tertiary/aromatic N) is 1. The van der Waals surface area contributed by atoms with Crippen molar-refractivity contribution in [3.63, 3.8) is 0 Å². The van der Waals surface area contributed by atoms with Crippen molar-refractivity contribution in [2.75, 3.05) is 6.54 Å². The molecule has 1 heterocycles. The molecular formula is C16H24IN3O. The van der Waals surface area contributed by atoms with Crippen LogP contribution in [0.2, 0.25) is 0 Å². The molecule has 0 bridgehead atoms. The maximum Gasteiger partial charge on any atom is 0.189 e. The van der Waals surface area contributed by atoms with Crippen LogP contribution >= 0.6 is 24.0 Å². The Balaban J connectivity index is 0.00000220. The quantitative estimate of drug-likeness (QED) is 0.319. The molecule has 4 nitrogen and oxygen atoms in total. The molecule has 5 heteroatoms. The number of hydrogen-bond donors (Lipinski definition) is 2. The highest BCUT2D eigenvalue weighted by molar-refractivity contribution is 14.0. The van der Waals surface area contributed by atoms with Gasteiger partial charge in [-0.25, -0.2) is 4.99 Å². The summed E-state index contributed by atoms with van der Waals surface area (Å²) in [5.74, 6) is 1.32. The Labute approximate surface area is 143 Å². The molecular weight excluding hydrogens is 377 g/mol. The van der Waals surface area contributed by atoms with Crippen LogP contribution in [0.3, 0.4) is 0 Å². The fourth-order valence-electron chi connectivity index (χ4n) is 2.10. The van der Waals surface area contributed by atoms with Crippen LogP contribution < -0.4 is 11.1 Å². The van der Waals surface area contributed by atoms with Crippen molar-refractivity contribution in [3.8, 4) is 0 Å². The van der Waals surface area contributed by atoms with Gasteiger partial charge in [0.05, 0.1) is 0 Å². The number of unbranched alkanes of at least 4 members (excludes halogenated alkanes) is 3. The number of aliphatic imine (C=N–C) groups is 1. The van der Waals surface area contributed by atoms with E-state index in [9.17, 15) is 0 Å². The van der Waals surface area contributed by atoms with E-state index in [1.54, 1.807) is 0 Å². The summed E-state index contributed by atoms with van der Waals surface area (Å²) >= 11 is 0. The molecule has 2 aromatic rings. The van der Waals surface area contributed by atoms with Gasteiger partial charge in [0.1, 0.15) is 17.9 Å². The Morgan fingerprint density at radius 1 is 1.24 bits per heavy atom. The number of hydrogen-bond acceptors (Lipinski definition) is 2. The highest BCUT2D eigenvalue weighted by Gasteiger charge is 2.02. The van der Waals surface area contributed by atoms with Crippen molar-refractivity contribution < 1.29 is 4.42 Å². The van der Waals surface area contributed by atoms with E-state index < -0.39 is 0 Å². The lowest BCUT2D eigenvalue weighted by Crippen LogP contribution is -2.32. The number of nitrogens with two attached hydrogens (primary N) is 1. The normalized spacial score (nSPS) is 11.4. The minimum absolute atomic E-state index is 0. The number of nitrogens with one attached hydrogen (secondary N) is 1. The van der Waals surface area contributed by atoms with Gasteiger partial charge in [-0.05, 0) is 18.6 Å². The minimum Gasteiger partial charge on any atom is -0.459 e. The second-order valence-corrected chi connectivity index (χ2v) is 4.94. The third-order valence-electron chi connectivity index (χ3n) is 3.22. The molecule has 0 amide bonds. The third-order valence-corrected chi connectivity index (χ3v) is 3.22. The summed E-state index contributed by atoms with van der Waals surface area (Å²) in [5, 5.41) is 4.23. The molecule has 0 saturated heterocycles. The lowest BCUT2D eigenvalue weighted by molar-refractivity contribution is 0.552. The number of para-hydroxylation sites is 1. The average Bonchev–Trinajstić information content (AvgIpc) is 2.88. The summed E-state index contributed by atoms with van der Waals surface area (Å²) in [6, 6.07) is 9.95. The molecule has 116 valence electrons. The standard InChI is InChI=1S/C16H23N3O.HI/c1-2-3-4-7-10-18-16(17)19-12-14-11-13-8-5-6-9-15(13)20-14;/h5-6,8-9,11H,2-4,7,10,12H2,1H3,(H3,17,18,19);1H. The van der Waals surface area contributed by atoms with E-state index in [0.717, 1.165) is 29.7 Å². The number of guanidine groups is 1. The van der Waals surface area contributed by atoms with E-state index in [1.807, 2.05) is 30.3 Å². The van der Waals surface area contributed by atoms with Gasteiger partial charge in [-0.3, -0.25) is 0 Å². The van der Waals surface area contributed by atoms with Crippen LogP contribution in [0, 0.1) is 0 Å². The molecule has 3 N–H and O–H groups in total. The Morgan fingerprint density at radius 2 is 2.05 bits per heavy atom. The number of fused-ring (bicyclic) bond motifs is 1. The first-order valence-electron chi connectivity index (χ1n) is 7.31. The molecule has 0 aliphatic heterocycles. The van der Waals surface area contributed by atoms with Crippen molar-refractivity contribution in [1.29, 1.82) is 0 Å². The molecule has 0 saturated carbocycles. The summed E-state index contributed by atoms with van der Waals surface area (Å²) in [4.78, 5) is 4.30. The number of furan rings is 1. The van der Waals surface area contributed by atoms with Gasteiger partial charge in [0, 0.05) is 11.9 Å². The molecule has 1 aromatic carbocycles. The molecule has 1 aromatic heterocycles. The molecule has 0 fully saturated rings. The second-order valence-electron chi connectivity index (χ2n) is 4.94. The highest BCUT2D eigenvalue weighted by atomic mass is 127. The van der Waals surface area contributed by atoms with E-state index in [2.05, 4.69) is 17.2 Å². The van der Waals surface area contributed by atoms with Gasteiger partial charge in [0.15, 0.2) is 5.96 Å². The first kappa shape index (κ1) is 17.8. The first-order chi connectivity index (χ1) is 9.79. The lowest BCUT2D eigenvalue weighted by atomic mass is 10.2. The maximum absolute atomic E-state index is 5.83. The Bertz CT molecular complexity index is 532. The minimum atomic E-state index is 0. The Hall–Kier alpha value is -1.24. The van der Waals surface area contributed by atoms with E-state index in [-0.39, 0.29) is 24.0 Å². The zero-order valence-corrected chi connectivity index (χ0v) is 14.8. The fraction of sp³-hybridized carbons (Fsp3) is 0.438. The van der Waals surface area contributed by atoms with Crippen LogP contribution in [0.25, 0.3) is 11.0 Å². The van der Waals surface area contributed by atoms with Gasteiger partial charge in [0.2, 0.25) is 0 Å². The van der Waals surface area contributed by atoms with Crippen LogP contribution in [-0.2, 0) is 6.54 Å². The molecule has 2 rings (SSSR count). The van der Waals surface area contributed by atoms with Crippen molar-refractivity contribution in [2.45, 2.75) is 39.2 Å². The Morgan fingerprint density at radius 3 is 2.81 bits per heavy atom. The van der Waals surface area contributed by atoms with Gasteiger partial charge < -0.3 is 15.5 Å². The smallest absolute Gasteiger partial charge is 0.189 e. The molecule has 0 spiro atoms. The summed E-state index contributed by atoms with van der Waals surface area (Å²) < 4.78 is 5.69. The van der Waals surface area contributed by atoms with Crippen LogP contribution in [-0.4, -0.2) is 12.5 Å². The maximum atomic E-state index is 5.83. The highest BCUT2D eigenvalue weighted by Crippen LogP contribution is 2.19. The summed E-state index contributed by atoms with van der Waals surface area (Å²) in [5.41, 5.74) is 6.72. The van der Waals surface area contributed by atoms with E-state index >= 15 is 0 Å². The monoisotopic (exact) mass is 401 g/mol. The molecule has 0 unspecified atom stereocenters. The first-order valence-corrected chi connectivity index (χ1v) is 7.31. The van der Waals surface area contributed by atoms with Crippen LogP contribution in [0.4, 0.5) is 0 Å². The van der Waals surface area contributed by atoms with Crippen LogP contribution in [0.1, 0.15) is 38.4 Å². The Kier molecular flexibility index (Phi) is 8.19. The summed E-state index contributed by atoms with van der Waals surface area (Å²) in [7, 11) is 0. The lowest BCUT2D eigenvalue weighted by Gasteiger charge is -2.04. The second kappa shape index (κ2) is 9.65. The number of halogens is 1. The fourth-order valence-corrected chi connectivity index (χ4v) is 2.10. The predicted octanol–water partition coefficient (Wildman–Crippen LogP) is 4.04. The van der Waals surface area contributed by atoms with Crippen molar-refractivity contribution in [1.82, 2.24) is 5.32 Å². The molecule has 0 atom stereocenters. The average molecular weight is 401 g/mol. The van der Waals surface area contributed by atoms with E-state index in [4.69, 9.17) is 10.2 Å². The molecule has 0 aliphatic carbocycles. The third kappa shape index (κ3) is 5.95. The largest absolute Gasteiger partial charge is 0.459 e. The van der Waals surface area contributed by atoms with Gasteiger partial charge >= 0.3 is 0 Å². The predicted molar refractivity (Wildman–Crippen MR) is 99.1 cm³/mol. The van der Waals surface area contributed by atoms with Crippen molar-refractivity contribution in [3.05, 3.63) is 36.1 Å². The summed E-state index contributed by atoms with van der Waals surface area (Å²) in [6.45, 7) is 3.56. The van der Waals surface area contributed by atoms with Crippen LogP contribution in [0.15, 0.2) is 39.7 Å². The molecule has 0 radical (unpaired) electrons. The van der Waals surface area contributed by atoms with Gasteiger partial charge in [-0.2, -0.15) is 0 Å². The zero-order valence-electron chi connectivity index (χ0n) is 12.5. The zero-order chi connectivity index (χ0) is 14.2. The van der Waals surface area contributed by atoms with Crippen LogP contribution in [0.5, 0.6) is 0 Å². The van der Waals surface area contributed by atoms with Crippen molar-refractivity contribution in [2.24, 2.45) is 10.7 Å². The molecule has 21 heavy (non-hydrogen) atoms. The summed E-state index contributed by atoms with van der Waals surface area (Å²) in [6.07, 6.45) is 4.89. The van der Waals surface area contributed by atoms with Gasteiger partial charge in [-0.15, -0.1) is 24.0 Å². The van der Waals surface area contributed by atoms with E-state index in [0.29, 0.717) is 12.5 Å². The van der Waals surface area contributed by atoms with E-state index in [1.165, 1.54) is 19.3 Å².